The molecule has 2 rings (SSSR count). The minimum atomic E-state index is 0.234. The van der Waals surface area contributed by atoms with Gasteiger partial charge >= 0.3 is 0 Å². The number of nitrogens with two attached hydrogens (primary N) is 1. The second-order valence-electron chi connectivity index (χ2n) is 4.23. The van der Waals surface area contributed by atoms with Gasteiger partial charge in [-0.2, -0.15) is 5.10 Å². The standard InChI is InChI=1S/C11H20N4O/c1-16-11-9-14(6-2-4-12)8-10(11)15-7-3-5-13-15/h3,5,7,10-11H,2,4,6,8-9,12H2,1H3. The Hall–Kier alpha value is -0.910. The lowest BCUT2D eigenvalue weighted by Crippen LogP contribution is -2.25. The molecular formula is C11H20N4O. The molecule has 0 amide bonds. The van der Waals surface area contributed by atoms with Crippen LogP contribution in [0.5, 0.6) is 0 Å². The first-order valence-corrected chi connectivity index (χ1v) is 5.79. The van der Waals surface area contributed by atoms with E-state index in [0.29, 0.717) is 6.04 Å². The zero-order valence-corrected chi connectivity index (χ0v) is 9.75. The largest absolute Gasteiger partial charge is 0.378 e. The molecule has 1 saturated heterocycles. The highest BCUT2D eigenvalue weighted by molar-refractivity contribution is 4.92. The van der Waals surface area contributed by atoms with E-state index >= 15 is 0 Å². The number of hydrogen-bond acceptors (Lipinski definition) is 4. The fourth-order valence-corrected chi connectivity index (χ4v) is 2.29. The quantitative estimate of drug-likeness (QED) is 0.771. The van der Waals surface area contributed by atoms with Gasteiger partial charge in [-0.05, 0) is 25.6 Å². The second-order valence-corrected chi connectivity index (χ2v) is 4.23. The van der Waals surface area contributed by atoms with Gasteiger partial charge in [0.05, 0.1) is 12.1 Å². The predicted octanol–water partition coefficient (Wildman–Crippen LogP) is 0.104. The number of nitrogens with zero attached hydrogens (tertiary/aromatic N) is 3. The van der Waals surface area contributed by atoms with Gasteiger partial charge in [-0.15, -0.1) is 0 Å². The molecule has 2 heterocycles. The van der Waals surface area contributed by atoms with Gasteiger partial charge in [-0.25, -0.2) is 0 Å². The third-order valence-electron chi connectivity index (χ3n) is 3.16. The fraction of sp³-hybridized carbons (Fsp3) is 0.727. The number of aromatic nitrogens is 2. The van der Waals surface area contributed by atoms with Crippen LogP contribution in [0.15, 0.2) is 18.5 Å². The first kappa shape index (κ1) is 11.6. The van der Waals surface area contributed by atoms with E-state index in [1.807, 2.05) is 23.1 Å². The first-order chi connectivity index (χ1) is 7.85. The van der Waals surface area contributed by atoms with Crippen molar-refractivity contribution in [2.45, 2.75) is 18.6 Å². The molecule has 1 fully saturated rings. The van der Waals surface area contributed by atoms with Crippen molar-refractivity contribution in [1.29, 1.82) is 0 Å². The smallest absolute Gasteiger partial charge is 0.0934 e. The third kappa shape index (κ3) is 2.42. The maximum absolute atomic E-state index is 5.53. The average molecular weight is 224 g/mol. The number of likely N-dealkylation sites (tertiary alicyclic amines) is 1. The molecule has 2 N–H and O–H groups in total. The third-order valence-corrected chi connectivity index (χ3v) is 3.16. The van der Waals surface area contributed by atoms with E-state index in [-0.39, 0.29) is 6.10 Å². The number of methoxy groups -OCH3 is 1. The first-order valence-electron chi connectivity index (χ1n) is 5.79. The average Bonchev–Trinajstić information content (AvgIpc) is 2.94. The molecule has 90 valence electrons. The van der Waals surface area contributed by atoms with E-state index in [0.717, 1.165) is 32.6 Å². The number of rotatable bonds is 5. The Morgan fingerprint density at radius 1 is 1.50 bits per heavy atom. The minimum Gasteiger partial charge on any atom is -0.378 e. The summed E-state index contributed by atoms with van der Waals surface area (Å²) in [5.41, 5.74) is 5.53. The van der Waals surface area contributed by atoms with E-state index in [4.69, 9.17) is 10.5 Å². The highest BCUT2D eigenvalue weighted by Crippen LogP contribution is 2.23. The molecule has 2 atom stereocenters. The Morgan fingerprint density at radius 3 is 3.00 bits per heavy atom. The van der Waals surface area contributed by atoms with Crippen LogP contribution in [0.2, 0.25) is 0 Å². The lowest BCUT2D eigenvalue weighted by Gasteiger charge is -2.16. The van der Waals surface area contributed by atoms with Crippen molar-refractivity contribution in [1.82, 2.24) is 14.7 Å². The topological polar surface area (TPSA) is 56.3 Å². The summed E-state index contributed by atoms with van der Waals surface area (Å²) >= 11 is 0. The Labute approximate surface area is 96.2 Å². The second kappa shape index (κ2) is 5.43. The van der Waals surface area contributed by atoms with E-state index in [1.165, 1.54) is 0 Å². The predicted molar refractivity (Wildman–Crippen MR) is 62.2 cm³/mol. The van der Waals surface area contributed by atoms with Crippen molar-refractivity contribution in [3.05, 3.63) is 18.5 Å². The molecule has 16 heavy (non-hydrogen) atoms. The van der Waals surface area contributed by atoms with Crippen LogP contribution in [0, 0.1) is 0 Å². The summed E-state index contributed by atoms with van der Waals surface area (Å²) < 4.78 is 7.52. The molecule has 1 aliphatic rings. The molecule has 5 nitrogen and oxygen atoms in total. The SMILES string of the molecule is COC1CN(CCCN)CC1n1cccn1. The van der Waals surface area contributed by atoms with Crippen LogP contribution in [-0.2, 0) is 4.74 Å². The van der Waals surface area contributed by atoms with Crippen LogP contribution in [-0.4, -0.2) is 54.1 Å². The van der Waals surface area contributed by atoms with Crippen molar-refractivity contribution >= 4 is 0 Å². The van der Waals surface area contributed by atoms with Crippen molar-refractivity contribution in [3.8, 4) is 0 Å². The van der Waals surface area contributed by atoms with E-state index in [1.54, 1.807) is 7.11 Å². The molecule has 5 heteroatoms. The summed E-state index contributed by atoms with van der Waals surface area (Å²) in [5, 5.41) is 4.30. The Kier molecular flexibility index (Phi) is 3.93. The van der Waals surface area contributed by atoms with Gasteiger partial charge in [0.2, 0.25) is 0 Å². The maximum Gasteiger partial charge on any atom is 0.0934 e. The molecule has 1 aromatic rings. The van der Waals surface area contributed by atoms with Gasteiger partial charge in [0, 0.05) is 32.6 Å². The van der Waals surface area contributed by atoms with Crippen LogP contribution >= 0.6 is 0 Å². The highest BCUT2D eigenvalue weighted by Gasteiger charge is 2.33. The van der Waals surface area contributed by atoms with Crippen molar-refractivity contribution in [2.24, 2.45) is 5.73 Å². The monoisotopic (exact) mass is 224 g/mol. The zero-order chi connectivity index (χ0) is 11.4. The summed E-state index contributed by atoms with van der Waals surface area (Å²) in [4.78, 5) is 2.40. The normalized spacial score (nSPS) is 26.4. The van der Waals surface area contributed by atoms with E-state index in [2.05, 4.69) is 10.00 Å². The van der Waals surface area contributed by atoms with Gasteiger partial charge in [-0.3, -0.25) is 9.58 Å². The maximum atomic E-state index is 5.53. The molecule has 1 aromatic heterocycles. The zero-order valence-electron chi connectivity index (χ0n) is 9.75. The summed E-state index contributed by atoms with van der Waals surface area (Å²) in [7, 11) is 1.77. The summed E-state index contributed by atoms with van der Waals surface area (Å²) in [6, 6.07) is 2.28. The highest BCUT2D eigenvalue weighted by atomic mass is 16.5. The molecule has 2 unspecified atom stereocenters. The number of ether oxygens (including phenoxy) is 1. The molecule has 1 aliphatic heterocycles. The molecular weight excluding hydrogens is 204 g/mol. The van der Waals surface area contributed by atoms with Crippen LogP contribution in [0.1, 0.15) is 12.5 Å². The van der Waals surface area contributed by atoms with E-state index in [9.17, 15) is 0 Å². The van der Waals surface area contributed by atoms with Crippen LogP contribution in [0.25, 0.3) is 0 Å². The Morgan fingerprint density at radius 2 is 2.38 bits per heavy atom. The number of hydrogen-bond donors (Lipinski definition) is 1. The summed E-state index contributed by atoms with van der Waals surface area (Å²) in [6.45, 7) is 3.77. The lowest BCUT2D eigenvalue weighted by atomic mass is 10.2. The van der Waals surface area contributed by atoms with Gasteiger partial charge in [0.25, 0.3) is 0 Å². The van der Waals surface area contributed by atoms with Gasteiger partial charge in [-0.1, -0.05) is 0 Å². The van der Waals surface area contributed by atoms with Crippen LogP contribution in [0.3, 0.4) is 0 Å². The van der Waals surface area contributed by atoms with Crippen molar-refractivity contribution in [2.75, 3.05) is 33.3 Å². The molecule has 0 aliphatic carbocycles. The van der Waals surface area contributed by atoms with Gasteiger partial charge in [0.1, 0.15) is 0 Å². The van der Waals surface area contributed by atoms with Crippen LogP contribution in [0.4, 0.5) is 0 Å². The summed E-state index contributed by atoms with van der Waals surface area (Å²) in [5.74, 6) is 0. The summed E-state index contributed by atoms with van der Waals surface area (Å²) in [6.07, 6.45) is 5.10. The molecule has 0 saturated carbocycles. The lowest BCUT2D eigenvalue weighted by molar-refractivity contribution is 0.0781. The minimum absolute atomic E-state index is 0.234. The van der Waals surface area contributed by atoms with Gasteiger partial charge < -0.3 is 10.5 Å². The Bertz CT molecular complexity index is 301. The molecule has 0 aromatic carbocycles. The molecule has 0 bridgehead atoms. The van der Waals surface area contributed by atoms with E-state index < -0.39 is 0 Å². The van der Waals surface area contributed by atoms with Gasteiger partial charge in [0.15, 0.2) is 0 Å². The molecule has 0 spiro atoms. The van der Waals surface area contributed by atoms with Crippen LogP contribution < -0.4 is 5.73 Å². The van der Waals surface area contributed by atoms with Crippen molar-refractivity contribution in [3.63, 3.8) is 0 Å². The van der Waals surface area contributed by atoms with Crippen molar-refractivity contribution < 1.29 is 4.74 Å². The Balaban J connectivity index is 1.97. The molecule has 0 radical (unpaired) electrons. The fourth-order valence-electron chi connectivity index (χ4n) is 2.29.